The fraction of sp³-hybridized carbons (Fsp3) is 1.00. The molecule has 1 rings (SSSR count). The Morgan fingerprint density at radius 2 is 1.31 bits per heavy atom. The Morgan fingerprint density at radius 3 is 1.62 bits per heavy atom. The molecule has 78 valence electrons. The third-order valence-electron chi connectivity index (χ3n) is 3.78. The second-order valence-corrected chi connectivity index (χ2v) is 5.32. The quantitative estimate of drug-likeness (QED) is 0.699. The van der Waals surface area contributed by atoms with Gasteiger partial charge in [0.25, 0.3) is 0 Å². The summed E-state index contributed by atoms with van der Waals surface area (Å²) >= 11 is 0. The van der Waals surface area contributed by atoms with Crippen molar-refractivity contribution in [2.45, 2.75) is 53.0 Å². The van der Waals surface area contributed by atoms with Gasteiger partial charge in [-0.2, -0.15) is 0 Å². The first-order valence-electron chi connectivity index (χ1n) is 5.79. The van der Waals surface area contributed by atoms with Gasteiger partial charge in [-0.1, -0.05) is 34.1 Å². The van der Waals surface area contributed by atoms with Gasteiger partial charge in [-0.05, 0) is 36.5 Å². The monoisotopic (exact) mass is 183 g/mol. The molecule has 0 bridgehead atoms. The summed E-state index contributed by atoms with van der Waals surface area (Å²) in [5.41, 5.74) is 6.33. The van der Waals surface area contributed by atoms with Crippen molar-refractivity contribution in [1.82, 2.24) is 0 Å². The Bertz CT molecular complexity index is 135. The number of hydrogen-bond acceptors (Lipinski definition) is 1. The first-order chi connectivity index (χ1) is 6.04. The Labute approximate surface area is 83.1 Å². The highest BCUT2D eigenvalue weighted by molar-refractivity contribution is 4.87. The largest absolute Gasteiger partial charge is 0.327 e. The molecule has 1 nitrogen and oxygen atoms in total. The molecule has 13 heavy (non-hydrogen) atoms. The van der Waals surface area contributed by atoms with Gasteiger partial charge in [0.15, 0.2) is 0 Å². The molecule has 2 N–H and O–H groups in total. The highest BCUT2D eigenvalue weighted by atomic mass is 14.7. The summed E-state index contributed by atoms with van der Waals surface area (Å²) < 4.78 is 0. The summed E-state index contributed by atoms with van der Waals surface area (Å²) in [5, 5.41) is 0. The normalized spacial score (nSPS) is 35.8. The van der Waals surface area contributed by atoms with E-state index in [1.807, 2.05) is 0 Å². The minimum atomic E-state index is 0.453. The number of hydrogen-bond donors (Lipinski definition) is 1. The maximum absolute atomic E-state index is 6.33. The zero-order valence-corrected chi connectivity index (χ0v) is 9.59. The van der Waals surface area contributed by atoms with Crippen LogP contribution in [0.2, 0.25) is 0 Å². The van der Waals surface area contributed by atoms with Crippen molar-refractivity contribution in [1.29, 1.82) is 0 Å². The van der Waals surface area contributed by atoms with E-state index in [1.54, 1.807) is 0 Å². The van der Waals surface area contributed by atoms with Crippen LogP contribution in [0.3, 0.4) is 0 Å². The van der Waals surface area contributed by atoms with Crippen molar-refractivity contribution < 1.29 is 0 Å². The van der Waals surface area contributed by atoms with Crippen molar-refractivity contribution in [3.05, 3.63) is 0 Å². The molecular weight excluding hydrogens is 158 g/mol. The van der Waals surface area contributed by atoms with Crippen molar-refractivity contribution in [3.63, 3.8) is 0 Å². The summed E-state index contributed by atoms with van der Waals surface area (Å²) in [5.74, 6) is 3.05. The minimum absolute atomic E-state index is 0.453. The molecule has 1 fully saturated rings. The van der Waals surface area contributed by atoms with Crippen LogP contribution < -0.4 is 5.73 Å². The number of rotatable bonds is 2. The van der Waals surface area contributed by atoms with Gasteiger partial charge in [0.1, 0.15) is 0 Å². The van der Waals surface area contributed by atoms with Crippen LogP contribution >= 0.6 is 0 Å². The van der Waals surface area contributed by atoms with Crippen LogP contribution in [0.1, 0.15) is 47.0 Å². The predicted molar refractivity (Wildman–Crippen MR) is 58.5 cm³/mol. The average molecular weight is 183 g/mol. The molecule has 1 saturated carbocycles. The maximum Gasteiger partial charge on any atom is 0.0100 e. The SMILES string of the molecule is CC(C)C1CCCC(C(C)C)C1N. The van der Waals surface area contributed by atoms with Crippen LogP contribution in [-0.2, 0) is 0 Å². The lowest BCUT2D eigenvalue weighted by molar-refractivity contribution is 0.141. The van der Waals surface area contributed by atoms with Crippen LogP contribution in [-0.4, -0.2) is 6.04 Å². The van der Waals surface area contributed by atoms with E-state index in [2.05, 4.69) is 27.7 Å². The standard InChI is InChI=1S/C12H25N/c1-8(2)10-6-5-7-11(9(3)4)12(10)13/h8-12H,5-7,13H2,1-4H3. The lowest BCUT2D eigenvalue weighted by Gasteiger charge is -2.40. The third kappa shape index (κ3) is 2.46. The fourth-order valence-corrected chi connectivity index (χ4v) is 2.85. The van der Waals surface area contributed by atoms with Crippen molar-refractivity contribution in [2.24, 2.45) is 29.4 Å². The van der Waals surface area contributed by atoms with Crippen LogP contribution in [0.5, 0.6) is 0 Å². The molecule has 1 aliphatic carbocycles. The Morgan fingerprint density at radius 1 is 0.923 bits per heavy atom. The summed E-state index contributed by atoms with van der Waals surface area (Å²) in [4.78, 5) is 0. The van der Waals surface area contributed by atoms with E-state index in [1.165, 1.54) is 19.3 Å². The van der Waals surface area contributed by atoms with E-state index in [9.17, 15) is 0 Å². The second kappa shape index (κ2) is 4.45. The molecule has 1 aliphatic rings. The molecule has 0 aromatic heterocycles. The molecule has 2 atom stereocenters. The third-order valence-corrected chi connectivity index (χ3v) is 3.78. The van der Waals surface area contributed by atoms with Gasteiger partial charge in [-0.3, -0.25) is 0 Å². The minimum Gasteiger partial charge on any atom is -0.327 e. The molecule has 2 unspecified atom stereocenters. The van der Waals surface area contributed by atoms with E-state index in [4.69, 9.17) is 5.73 Å². The summed E-state index contributed by atoms with van der Waals surface area (Å²) in [6.07, 6.45) is 4.09. The molecule has 0 saturated heterocycles. The first-order valence-corrected chi connectivity index (χ1v) is 5.79. The van der Waals surface area contributed by atoms with Gasteiger partial charge in [0.2, 0.25) is 0 Å². The van der Waals surface area contributed by atoms with Crippen molar-refractivity contribution in [3.8, 4) is 0 Å². The van der Waals surface area contributed by atoms with Crippen molar-refractivity contribution >= 4 is 0 Å². The van der Waals surface area contributed by atoms with Gasteiger partial charge in [-0.15, -0.1) is 0 Å². The molecule has 0 spiro atoms. The highest BCUT2D eigenvalue weighted by Gasteiger charge is 2.33. The van der Waals surface area contributed by atoms with Crippen LogP contribution in [0, 0.1) is 23.7 Å². The second-order valence-electron chi connectivity index (χ2n) is 5.32. The molecule has 0 amide bonds. The summed E-state index contributed by atoms with van der Waals surface area (Å²) in [7, 11) is 0. The lowest BCUT2D eigenvalue weighted by Crippen LogP contribution is -2.44. The van der Waals surface area contributed by atoms with E-state index >= 15 is 0 Å². The predicted octanol–water partition coefficient (Wildman–Crippen LogP) is 3.04. The molecule has 0 aromatic carbocycles. The van der Waals surface area contributed by atoms with E-state index < -0.39 is 0 Å². The Balaban J connectivity index is 2.60. The zero-order valence-electron chi connectivity index (χ0n) is 9.59. The topological polar surface area (TPSA) is 26.0 Å². The van der Waals surface area contributed by atoms with Crippen LogP contribution in [0.25, 0.3) is 0 Å². The Kier molecular flexibility index (Phi) is 3.78. The summed E-state index contributed by atoms with van der Waals surface area (Å²) in [6, 6.07) is 0.453. The Hall–Kier alpha value is -0.0400. The lowest BCUT2D eigenvalue weighted by atomic mass is 9.69. The highest BCUT2D eigenvalue weighted by Crippen LogP contribution is 2.36. The molecule has 0 radical (unpaired) electrons. The number of nitrogens with two attached hydrogens (primary N) is 1. The van der Waals surface area contributed by atoms with Gasteiger partial charge < -0.3 is 5.73 Å². The van der Waals surface area contributed by atoms with Crippen LogP contribution in [0.15, 0.2) is 0 Å². The molecule has 0 aromatic rings. The van der Waals surface area contributed by atoms with Gasteiger partial charge >= 0.3 is 0 Å². The summed E-state index contributed by atoms with van der Waals surface area (Å²) in [6.45, 7) is 9.25. The average Bonchev–Trinajstić information content (AvgIpc) is 2.03. The van der Waals surface area contributed by atoms with Gasteiger partial charge in [-0.25, -0.2) is 0 Å². The zero-order chi connectivity index (χ0) is 10.0. The fourth-order valence-electron chi connectivity index (χ4n) is 2.85. The van der Waals surface area contributed by atoms with E-state index in [-0.39, 0.29) is 0 Å². The van der Waals surface area contributed by atoms with E-state index in [0.29, 0.717) is 6.04 Å². The van der Waals surface area contributed by atoms with Gasteiger partial charge in [0, 0.05) is 6.04 Å². The molecular formula is C12H25N. The molecule has 1 heteroatoms. The molecule has 0 heterocycles. The molecule has 0 aliphatic heterocycles. The van der Waals surface area contributed by atoms with Gasteiger partial charge in [0.05, 0.1) is 0 Å². The van der Waals surface area contributed by atoms with Crippen molar-refractivity contribution in [2.75, 3.05) is 0 Å². The van der Waals surface area contributed by atoms with Crippen LogP contribution in [0.4, 0.5) is 0 Å². The van der Waals surface area contributed by atoms with E-state index in [0.717, 1.165) is 23.7 Å². The smallest absolute Gasteiger partial charge is 0.0100 e. The maximum atomic E-state index is 6.33. The first kappa shape index (κ1) is 11.0.